The van der Waals surface area contributed by atoms with Gasteiger partial charge in [-0.1, -0.05) is 0 Å². The zero-order chi connectivity index (χ0) is 10.1. The summed E-state index contributed by atoms with van der Waals surface area (Å²) in [4.78, 5) is 5.62. The van der Waals surface area contributed by atoms with E-state index in [2.05, 4.69) is 16.1 Å². The minimum atomic E-state index is 1.05. The first kappa shape index (κ1) is 8.80. The number of aromatic nitrogens is 1. The van der Waals surface area contributed by atoms with Crippen molar-refractivity contribution >= 4 is 0 Å². The molecular formula is C12H14N2O. The highest BCUT2D eigenvalue weighted by Crippen LogP contribution is 2.25. The Labute approximate surface area is 88.7 Å². The van der Waals surface area contributed by atoms with E-state index in [1.54, 1.807) is 12.5 Å². The zero-order valence-corrected chi connectivity index (χ0v) is 8.57. The molecule has 3 nitrogen and oxygen atoms in total. The predicted octanol–water partition coefficient (Wildman–Crippen LogP) is 2.48. The fourth-order valence-corrected chi connectivity index (χ4v) is 1.99. The van der Waals surface area contributed by atoms with Crippen molar-refractivity contribution in [2.75, 3.05) is 13.1 Å². The van der Waals surface area contributed by atoms with Crippen LogP contribution >= 0.6 is 0 Å². The Bertz CT molecular complexity index is 426. The van der Waals surface area contributed by atoms with Gasteiger partial charge in [0.25, 0.3) is 0 Å². The van der Waals surface area contributed by atoms with Gasteiger partial charge in [0, 0.05) is 30.1 Å². The van der Waals surface area contributed by atoms with Crippen LogP contribution in [0.3, 0.4) is 0 Å². The molecule has 0 aliphatic carbocycles. The average Bonchev–Trinajstić information content (AvgIpc) is 2.81. The summed E-state index contributed by atoms with van der Waals surface area (Å²) >= 11 is 0. The number of rotatable bonds is 3. The van der Waals surface area contributed by atoms with E-state index in [-0.39, 0.29) is 0 Å². The van der Waals surface area contributed by atoms with Gasteiger partial charge in [0.15, 0.2) is 0 Å². The molecule has 1 aliphatic heterocycles. The van der Waals surface area contributed by atoms with Crippen molar-refractivity contribution in [1.29, 1.82) is 0 Å². The van der Waals surface area contributed by atoms with E-state index in [1.807, 2.05) is 12.3 Å². The van der Waals surface area contributed by atoms with E-state index in [0.717, 1.165) is 12.1 Å². The summed E-state index contributed by atoms with van der Waals surface area (Å²) in [5.74, 6) is 0. The molecule has 2 aromatic rings. The molecule has 15 heavy (non-hydrogen) atoms. The smallest absolute Gasteiger partial charge is 0.0981 e. The van der Waals surface area contributed by atoms with Crippen LogP contribution in [0.15, 0.2) is 35.4 Å². The van der Waals surface area contributed by atoms with E-state index in [9.17, 15) is 0 Å². The second-order valence-electron chi connectivity index (χ2n) is 4.04. The molecule has 2 aromatic heterocycles. The number of H-pyrrole nitrogens is 1. The number of aromatic amines is 1. The van der Waals surface area contributed by atoms with Crippen LogP contribution in [0.25, 0.3) is 11.1 Å². The summed E-state index contributed by atoms with van der Waals surface area (Å²) in [7, 11) is 0. The lowest BCUT2D eigenvalue weighted by Gasteiger charge is -2.30. The first-order valence-corrected chi connectivity index (χ1v) is 5.34. The number of furan rings is 1. The van der Waals surface area contributed by atoms with E-state index in [1.165, 1.54) is 30.6 Å². The molecule has 1 saturated heterocycles. The van der Waals surface area contributed by atoms with Crippen molar-refractivity contribution < 1.29 is 4.42 Å². The summed E-state index contributed by atoms with van der Waals surface area (Å²) in [5, 5.41) is 0. The van der Waals surface area contributed by atoms with Gasteiger partial charge in [-0.05, 0) is 31.1 Å². The van der Waals surface area contributed by atoms with E-state index in [4.69, 9.17) is 4.42 Å². The fourth-order valence-electron chi connectivity index (χ4n) is 1.99. The predicted molar refractivity (Wildman–Crippen MR) is 58.4 cm³/mol. The maximum absolute atomic E-state index is 5.11. The maximum Gasteiger partial charge on any atom is 0.0981 e. The van der Waals surface area contributed by atoms with Crippen LogP contribution in [-0.4, -0.2) is 23.0 Å². The summed E-state index contributed by atoms with van der Waals surface area (Å²) in [6.07, 6.45) is 8.98. The van der Waals surface area contributed by atoms with Crippen molar-refractivity contribution in [3.05, 3.63) is 36.5 Å². The summed E-state index contributed by atoms with van der Waals surface area (Å²) in [5.41, 5.74) is 3.78. The Morgan fingerprint density at radius 1 is 1.33 bits per heavy atom. The summed E-state index contributed by atoms with van der Waals surface area (Å²) in [6, 6.07) is 2.00. The van der Waals surface area contributed by atoms with Crippen molar-refractivity contribution in [3.8, 4) is 11.1 Å². The monoisotopic (exact) mass is 202 g/mol. The van der Waals surface area contributed by atoms with Crippen LogP contribution in [0.2, 0.25) is 0 Å². The highest BCUT2D eigenvalue weighted by molar-refractivity contribution is 5.65. The average molecular weight is 202 g/mol. The molecule has 0 amide bonds. The Balaban J connectivity index is 1.85. The van der Waals surface area contributed by atoms with Gasteiger partial charge in [-0.25, -0.2) is 0 Å². The molecule has 1 fully saturated rings. The van der Waals surface area contributed by atoms with Gasteiger partial charge in [-0.15, -0.1) is 0 Å². The SMILES string of the molecule is c1cc(-c2c[nH]cc2CN2CCC2)co1. The minimum absolute atomic E-state index is 1.05. The second-order valence-corrected chi connectivity index (χ2v) is 4.04. The van der Waals surface area contributed by atoms with Crippen LogP contribution < -0.4 is 0 Å². The van der Waals surface area contributed by atoms with E-state index >= 15 is 0 Å². The van der Waals surface area contributed by atoms with E-state index in [0.29, 0.717) is 0 Å². The number of likely N-dealkylation sites (tertiary alicyclic amines) is 1. The molecule has 1 N–H and O–H groups in total. The third-order valence-electron chi connectivity index (χ3n) is 3.01. The quantitative estimate of drug-likeness (QED) is 0.829. The molecule has 0 unspecified atom stereocenters. The molecule has 3 rings (SSSR count). The number of hydrogen-bond donors (Lipinski definition) is 1. The standard InChI is InChI=1S/C12H14N2O/c1-3-14(4-1)8-11-6-13-7-12(11)10-2-5-15-9-10/h2,5-7,9,13H,1,3-4,8H2. The van der Waals surface area contributed by atoms with Crippen molar-refractivity contribution in [2.45, 2.75) is 13.0 Å². The van der Waals surface area contributed by atoms with Gasteiger partial charge in [-0.3, -0.25) is 4.90 Å². The second kappa shape index (κ2) is 3.59. The molecule has 0 spiro atoms. The third-order valence-corrected chi connectivity index (χ3v) is 3.01. The Kier molecular flexibility index (Phi) is 2.10. The Morgan fingerprint density at radius 3 is 2.93 bits per heavy atom. The van der Waals surface area contributed by atoms with Gasteiger partial charge in [0.1, 0.15) is 0 Å². The molecule has 3 heteroatoms. The topological polar surface area (TPSA) is 32.2 Å². The Morgan fingerprint density at radius 2 is 2.27 bits per heavy atom. The molecule has 0 saturated carbocycles. The molecule has 0 radical (unpaired) electrons. The van der Waals surface area contributed by atoms with Crippen LogP contribution in [0.4, 0.5) is 0 Å². The van der Waals surface area contributed by atoms with Crippen LogP contribution in [0.5, 0.6) is 0 Å². The summed E-state index contributed by atoms with van der Waals surface area (Å²) in [6.45, 7) is 3.51. The molecular weight excluding hydrogens is 188 g/mol. The lowest BCUT2D eigenvalue weighted by molar-refractivity contribution is 0.173. The minimum Gasteiger partial charge on any atom is -0.472 e. The van der Waals surface area contributed by atoms with E-state index < -0.39 is 0 Å². The van der Waals surface area contributed by atoms with Crippen molar-refractivity contribution in [2.24, 2.45) is 0 Å². The Hall–Kier alpha value is -1.48. The van der Waals surface area contributed by atoms with Crippen LogP contribution in [-0.2, 0) is 6.54 Å². The molecule has 1 aliphatic rings. The van der Waals surface area contributed by atoms with Gasteiger partial charge < -0.3 is 9.40 Å². The largest absolute Gasteiger partial charge is 0.472 e. The lowest BCUT2D eigenvalue weighted by Crippen LogP contribution is -2.36. The van der Waals surface area contributed by atoms with Crippen LogP contribution in [0.1, 0.15) is 12.0 Å². The zero-order valence-electron chi connectivity index (χ0n) is 8.57. The highest BCUT2D eigenvalue weighted by atomic mass is 16.3. The first-order chi connectivity index (χ1) is 7.43. The van der Waals surface area contributed by atoms with Gasteiger partial charge in [-0.2, -0.15) is 0 Å². The molecule has 0 aromatic carbocycles. The molecule has 3 heterocycles. The number of nitrogens with one attached hydrogen (secondary N) is 1. The highest BCUT2D eigenvalue weighted by Gasteiger charge is 2.16. The van der Waals surface area contributed by atoms with Gasteiger partial charge in [0.05, 0.1) is 12.5 Å². The van der Waals surface area contributed by atoms with Gasteiger partial charge in [0.2, 0.25) is 0 Å². The summed E-state index contributed by atoms with van der Waals surface area (Å²) < 4.78 is 5.11. The van der Waals surface area contributed by atoms with Gasteiger partial charge >= 0.3 is 0 Å². The third kappa shape index (κ3) is 1.59. The fraction of sp³-hybridized carbons (Fsp3) is 0.333. The number of nitrogens with zero attached hydrogens (tertiary/aromatic N) is 1. The normalized spacial score (nSPS) is 16.5. The maximum atomic E-state index is 5.11. The number of hydrogen-bond acceptors (Lipinski definition) is 2. The van der Waals surface area contributed by atoms with Crippen LogP contribution in [0, 0.1) is 0 Å². The molecule has 78 valence electrons. The molecule has 0 atom stereocenters. The van der Waals surface area contributed by atoms with Crippen molar-refractivity contribution in [3.63, 3.8) is 0 Å². The lowest BCUT2D eigenvalue weighted by atomic mass is 10.1. The first-order valence-electron chi connectivity index (χ1n) is 5.34. The molecule has 0 bridgehead atoms. The van der Waals surface area contributed by atoms with Crippen molar-refractivity contribution in [1.82, 2.24) is 9.88 Å².